The largest absolute Gasteiger partial charge is 0.481 e. The Balaban J connectivity index is 2.70. The third-order valence-corrected chi connectivity index (χ3v) is 2.38. The monoisotopic (exact) mass is 197 g/mol. The van der Waals surface area contributed by atoms with Gasteiger partial charge < -0.3 is 10.8 Å². The lowest BCUT2D eigenvalue weighted by Crippen LogP contribution is -2.30. The Bertz CT molecular complexity index is 322. The summed E-state index contributed by atoms with van der Waals surface area (Å²) < 4.78 is 1.71. The molecule has 0 saturated carbocycles. The van der Waals surface area contributed by atoms with Gasteiger partial charge in [0.15, 0.2) is 0 Å². The highest BCUT2D eigenvalue weighted by atomic mass is 16.4. The number of hydrogen-bond donors (Lipinski definition) is 2. The van der Waals surface area contributed by atoms with Crippen molar-refractivity contribution in [1.82, 2.24) is 9.78 Å². The lowest BCUT2D eigenvalue weighted by atomic mass is 9.96. The Hall–Kier alpha value is -1.36. The summed E-state index contributed by atoms with van der Waals surface area (Å²) >= 11 is 0. The molecule has 5 nitrogen and oxygen atoms in total. The second-order valence-corrected chi connectivity index (χ2v) is 3.43. The SMILES string of the molecule is CC(c1ccnn1C)C(N)CC(=O)O. The van der Waals surface area contributed by atoms with Crippen molar-refractivity contribution in [2.24, 2.45) is 12.8 Å². The van der Waals surface area contributed by atoms with Crippen molar-refractivity contribution in [3.63, 3.8) is 0 Å². The zero-order chi connectivity index (χ0) is 10.7. The highest BCUT2D eigenvalue weighted by Crippen LogP contribution is 2.18. The third-order valence-electron chi connectivity index (χ3n) is 2.38. The summed E-state index contributed by atoms with van der Waals surface area (Å²) in [7, 11) is 1.82. The van der Waals surface area contributed by atoms with Gasteiger partial charge in [0.05, 0.1) is 6.42 Å². The fourth-order valence-electron chi connectivity index (χ4n) is 1.43. The molecule has 3 N–H and O–H groups in total. The summed E-state index contributed by atoms with van der Waals surface area (Å²) in [6, 6.07) is 1.48. The van der Waals surface area contributed by atoms with E-state index in [1.807, 2.05) is 20.0 Å². The number of carboxylic acids is 1. The topological polar surface area (TPSA) is 81.1 Å². The van der Waals surface area contributed by atoms with E-state index in [-0.39, 0.29) is 18.4 Å². The molecule has 0 bridgehead atoms. The van der Waals surface area contributed by atoms with E-state index in [1.54, 1.807) is 10.9 Å². The number of hydrogen-bond acceptors (Lipinski definition) is 3. The number of aryl methyl sites for hydroxylation is 1. The number of carboxylic acid groups (broad SMARTS) is 1. The van der Waals surface area contributed by atoms with Crippen molar-refractivity contribution >= 4 is 5.97 Å². The summed E-state index contributed by atoms with van der Waals surface area (Å²) in [5.41, 5.74) is 6.71. The lowest BCUT2D eigenvalue weighted by Gasteiger charge is -2.18. The molecule has 0 aliphatic carbocycles. The fourth-order valence-corrected chi connectivity index (χ4v) is 1.43. The van der Waals surface area contributed by atoms with Gasteiger partial charge in [-0.3, -0.25) is 9.48 Å². The Morgan fingerprint density at radius 3 is 2.86 bits per heavy atom. The molecule has 1 aromatic rings. The van der Waals surface area contributed by atoms with Crippen LogP contribution < -0.4 is 5.73 Å². The van der Waals surface area contributed by atoms with Crippen LogP contribution in [0.25, 0.3) is 0 Å². The average molecular weight is 197 g/mol. The van der Waals surface area contributed by atoms with Gasteiger partial charge in [0, 0.05) is 30.9 Å². The first-order valence-corrected chi connectivity index (χ1v) is 4.47. The molecule has 0 spiro atoms. The first kappa shape index (κ1) is 10.7. The van der Waals surface area contributed by atoms with Gasteiger partial charge in [-0.2, -0.15) is 5.10 Å². The predicted octanol–water partition coefficient (Wildman–Crippen LogP) is 0.326. The van der Waals surface area contributed by atoms with Crippen molar-refractivity contribution in [2.75, 3.05) is 0 Å². The zero-order valence-corrected chi connectivity index (χ0v) is 8.34. The van der Waals surface area contributed by atoms with Crippen LogP contribution >= 0.6 is 0 Å². The quantitative estimate of drug-likeness (QED) is 0.728. The third kappa shape index (κ3) is 2.32. The van der Waals surface area contributed by atoms with Gasteiger partial charge >= 0.3 is 5.97 Å². The molecule has 1 rings (SSSR count). The van der Waals surface area contributed by atoms with Crippen LogP contribution in [0.15, 0.2) is 12.3 Å². The van der Waals surface area contributed by atoms with E-state index in [0.29, 0.717) is 0 Å². The molecule has 0 aliphatic heterocycles. The molecular formula is C9H15N3O2. The van der Waals surface area contributed by atoms with Gasteiger partial charge in [0.1, 0.15) is 0 Å². The average Bonchev–Trinajstić information content (AvgIpc) is 2.48. The molecule has 0 aromatic carbocycles. The maximum atomic E-state index is 10.5. The number of carbonyl (C=O) groups is 1. The van der Waals surface area contributed by atoms with E-state index in [4.69, 9.17) is 10.8 Å². The minimum atomic E-state index is -0.869. The standard InChI is InChI=1S/C9H15N3O2/c1-6(7(10)5-9(13)14)8-3-4-11-12(8)2/h3-4,6-7H,5,10H2,1-2H3,(H,13,14). The summed E-state index contributed by atoms with van der Waals surface area (Å²) in [6.45, 7) is 1.91. The van der Waals surface area contributed by atoms with Crippen LogP contribution in [0, 0.1) is 0 Å². The van der Waals surface area contributed by atoms with Crippen LogP contribution in [0.4, 0.5) is 0 Å². The van der Waals surface area contributed by atoms with Gasteiger partial charge in [-0.1, -0.05) is 6.92 Å². The van der Waals surface area contributed by atoms with E-state index >= 15 is 0 Å². The van der Waals surface area contributed by atoms with Crippen molar-refractivity contribution in [1.29, 1.82) is 0 Å². The van der Waals surface area contributed by atoms with E-state index in [9.17, 15) is 4.79 Å². The van der Waals surface area contributed by atoms with Crippen molar-refractivity contribution < 1.29 is 9.90 Å². The fraction of sp³-hybridized carbons (Fsp3) is 0.556. The van der Waals surface area contributed by atoms with Gasteiger partial charge in [-0.15, -0.1) is 0 Å². The Morgan fingerprint density at radius 1 is 1.79 bits per heavy atom. The second-order valence-electron chi connectivity index (χ2n) is 3.43. The number of nitrogens with zero attached hydrogens (tertiary/aromatic N) is 2. The first-order valence-electron chi connectivity index (χ1n) is 4.47. The van der Waals surface area contributed by atoms with Crippen LogP contribution in [0.5, 0.6) is 0 Å². The lowest BCUT2D eigenvalue weighted by molar-refractivity contribution is -0.137. The molecular weight excluding hydrogens is 182 g/mol. The Kier molecular flexibility index (Phi) is 3.24. The van der Waals surface area contributed by atoms with Crippen LogP contribution in [0.2, 0.25) is 0 Å². The molecule has 14 heavy (non-hydrogen) atoms. The maximum absolute atomic E-state index is 10.5. The first-order chi connectivity index (χ1) is 6.52. The molecule has 78 valence electrons. The van der Waals surface area contributed by atoms with E-state index in [1.165, 1.54) is 0 Å². The minimum absolute atomic E-state index is 0.00130. The number of rotatable bonds is 4. The van der Waals surface area contributed by atoms with Crippen LogP contribution in [-0.4, -0.2) is 26.9 Å². The molecule has 2 unspecified atom stereocenters. The maximum Gasteiger partial charge on any atom is 0.304 e. The molecule has 5 heteroatoms. The van der Waals surface area contributed by atoms with Gasteiger partial charge in [-0.05, 0) is 6.07 Å². The minimum Gasteiger partial charge on any atom is -0.481 e. The second kappa shape index (κ2) is 4.23. The Labute approximate surface area is 82.5 Å². The molecule has 0 aliphatic rings. The van der Waals surface area contributed by atoms with E-state index < -0.39 is 5.97 Å². The number of aromatic nitrogens is 2. The van der Waals surface area contributed by atoms with Gasteiger partial charge in [0.25, 0.3) is 0 Å². The van der Waals surface area contributed by atoms with E-state index in [0.717, 1.165) is 5.69 Å². The van der Waals surface area contributed by atoms with Crippen molar-refractivity contribution in [3.8, 4) is 0 Å². The molecule has 1 heterocycles. The van der Waals surface area contributed by atoms with Crippen LogP contribution in [-0.2, 0) is 11.8 Å². The van der Waals surface area contributed by atoms with Gasteiger partial charge in [-0.25, -0.2) is 0 Å². The molecule has 0 amide bonds. The predicted molar refractivity (Wildman–Crippen MR) is 51.9 cm³/mol. The molecule has 1 aromatic heterocycles. The highest BCUT2D eigenvalue weighted by Gasteiger charge is 2.19. The highest BCUT2D eigenvalue weighted by molar-refractivity contribution is 5.67. The van der Waals surface area contributed by atoms with Crippen molar-refractivity contribution in [3.05, 3.63) is 18.0 Å². The smallest absolute Gasteiger partial charge is 0.304 e. The van der Waals surface area contributed by atoms with E-state index in [2.05, 4.69) is 5.10 Å². The van der Waals surface area contributed by atoms with Crippen molar-refractivity contribution in [2.45, 2.75) is 25.3 Å². The molecule has 2 atom stereocenters. The molecule has 0 saturated heterocycles. The summed E-state index contributed by atoms with van der Waals surface area (Å²) in [6.07, 6.45) is 1.66. The van der Waals surface area contributed by atoms with Gasteiger partial charge in [0.2, 0.25) is 0 Å². The zero-order valence-electron chi connectivity index (χ0n) is 8.34. The Morgan fingerprint density at radius 2 is 2.43 bits per heavy atom. The number of nitrogens with two attached hydrogens (primary N) is 1. The molecule has 0 radical (unpaired) electrons. The summed E-state index contributed by atoms with van der Waals surface area (Å²) in [4.78, 5) is 10.5. The van der Waals surface area contributed by atoms with Crippen LogP contribution in [0.1, 0.15) is 25.0 Å². The summed E-state index contributed by atoms with van der Waals surface area (Å²) in [5, 5.41) is 12.6. The normalized spacial score (nSPS) is 15.1. The summed E-state index contributed by atoms with van der Waals surface area (Å²) in [5.74, 6) is -0.870. The number of aliphatic carboxylic acids is 1. The van der Waals surface area contributed by atoms with Crippen LogP contribution in [0.3, 0.4) is 0 Å². The molecule has 0 fully saturated rings.